The van der Waals surface area contributed by atoms with Crippen molar-refractivity contribution in [1.29, 1.82) is 0 Å². The van der Waals surface area contributed by atoms with Crippen LogP contribution in [0.1, 0.15) is 11.1 Å². The molecule has 6 nitrogen and oxygen atoms in total. The van der Waals surface area contributed by atoms with E-state index in [0.717, 1.165) is 21.7 Å². The van der Waals surface area contributed by atoms with E-state index in [-0.39, 0.29) is 5.24 Å². The van der Waals surface area contributed by atoms with Gasteiger partial charge < -0.3 is 20.4 Å². The molecule has 0 saturated carbocycles. The molecule has 2 aromatic carbocycles. The number of benzene rings is 2. The van der Waals surface area contributed by atoms with Gasteiger partial charge in [0.25, 0.3) is 5.24 Å². The highest BCUT2D eigenvalue weighted by atomic mass is 32.2. The van der Waals surface area contributed by atoms with Crippen LogP contribution in [0.3, 0.4) is 0 Å². The number of anilines is 1. The van der Waals surface area contributed by atoms with E-state index in [2.05, 4.69) is 5.16 Å². The summed E-state index contributed by atoms with van der Waals surface area (Å²) in [6, 6.07) is 15.4. The van der Waals surface area contributed by atoms with Crippen LogP contribution in [0.5, 0.6) is 0 Å². The number of oxime groups is 1. The number of rotatable bonds is 6. The molecule has 0 bridgehead atoms. The molecular weight excluding hydrogens is 348 g/mol. The van der Waals surface area contributed by atoms with Gasteiger partial charge in [-0.05, 0) is 53.7 Å². The fourth-order valence-electron chi connectivity index (χ4n) is 2.01. The molecule has 7 heteroatoms. The Morgan fingerprint density at radius 1 is 1.04 bits per heavy atom. The number of hydrogen-bond acceptors (Lipinski definition) is 5. The molecule has 0 heterocycles. The maximum atomic E-state index is 11.7. The molecule has 0 fully saturated rings. The molecular formula is C19H24N4O2S. The predicted octanol–water partition coefficient (Wildman–Crippen LogP) is 3.36. The third-order valence-electron chi connectivity index (χ3n) is 3.57. The number of carbonyl (C=O) groups is 1. The Morgan fingerprint density at radius 3 is 2.19 bits per heavy atom. The zero-order valence-electron chi connectivity index (χ0n) is 15.5. The Balaban J connectivity index is 1.89. The molecule has 26 heavy (non-hydrogen) atoms. The Hall–Kier alpha value is -2.67. The monoisotopic (exact) mass is 372 g/mol. The molecule has 2 rings (SSSR count). The van der Waals surface area contributed by atoms with Gasteiger partial charge in [-0.1, -0.05) is 17.3 Å². The van der Waals surface area contributed by atoms with Crippen LogP contribution in [0, 0.1) is 0 Å². The number of nitrogens with zero attached hydrogens (tertiary/aromatic N) is 3. The average molecular weight is 372 g/mol. The molecule has 0 spiro atoms. The lowest BCUT2D eigenvalue weighted by Crippen LogP contribution is -2.15. The fraction of sp³-hybridized carbons (Fsp3) is 0.263. The normalized spacial score (nSPS) is 11.2. The molecule has 0 aliphatic carbocycles. The highest BCUT2D eigenvalue weighted by Crippen LogP contribution is 2.21. The van der Waals surface area contributed by atoms with Crippen molar-refractivity contribution in [3.63, 3.8) is 0 Å². The molecule has 0 saturated heterocycles. The van der Waals surface area contributed by atoms with Crippen LogP contribution in [0.15, 0.2) is 58.6 Å². The highest BCUT2D eigenvalue weighted by Gasteiger charge is 2.06. The lowest BCUT2D eigenvalue weighted by atomic mass is 10.2. The number of hydrogen-bond donors (Lipinski definition) is 1. The van der Waals surface area contributed by atoms with E-state index in [1.165, 1.54) is 11.8 Å². The first kappa shape index (κ1) is 19.7. The molecule has 0 unspecified atom stereocenters. The first-order valence-electron chi connectivity index (χ1n) is 8.08. The second kappa shape index (κ2) is 9.15. The van der Waals surface area contributed by atoms with Crippen molar-refractivity contribution in [2.75, 3.05) is 33.1 Å². The maximum absolute atomic E-state index is 11.7. The van der Waals surface area contributed by atoms with Crippen molar-refractivity contribution in [3.8, 4) is 0 Å². The van der Waals surface area contributed by atoms with Crippen LogP contribution < -0.4 is 10.6 Å². The highest BCUT2D eigenvalue weighted by molar-refractivity contribution is 8.13. The van der Waals surface area contributed by atoms with Crippen molar-refractivity contribution in [2.24, 2.45) is 10.9 Å². The lowest BCUT2D eigenvalue weighted by Gasteiger charge is -2.12. The van der Waals surface area contributed by atoms with Crippen molar-refractivity contribution in [1.82, 2.24) is 4.90 Å². The zero-order valence-corrected chi connectivity index (χ0v) is 16.3. The average Bonchev–Trinajstić information content (AvgIpc) is 2.63. The number of amides is 1. The maximum Gasteiger partial charge on any atom is 0.285 e. The van der Waals surface area contributed by atoms with Crippen molar-refractivity contribution < 1.29 is 9.63 Å². The standard InChI is InChI=1S/C19H24N4O2S/c1-22(2)16-9-7-15(8-10-16)18(20)21-25-13-14-5-11-17(12-6-14)26-19(24)23(3)4/h5-12H,13H2,1-4H3,(H2,20,21). The summed E-state index contributed by atoms with van der Waals surface area (Å²) < 4.78 is 0. The topological polar surface area (TPSA) is 71.2 Å². The van der Waals surface area contributed by atoms with E-state index in [0.29, 0.717) is 12.4 Å². The molecule has 138 valence electrons. The van der Waals surface area contributed by atoms with E-state index in [1.807, 2.05) is 67.5 Å². The quantitative estimate of drug-likeness (QED) is 0.364. The van der Waals surface area contributed by atoms with Crippen molar-refractivity contribution in [2.45, 2.75) is 11.5 Å². The summed E-state index contributed by atoms with van der Waals surface area (Å²) in [5.41, 5.74) is 8.81. The van der Waals surface area contributed by atoms with E-state index < -0.39 is 0 Å². The zero-order chi connectivity index (χ0) is 19.1. The second-order valence-electron chi connectivity index (χ2n) is 6.10. The first-order valence-corrected chi connectivity index (χ1v) is 8.89. The SMILES string of the molecule is CN(C)C(=O)Sc1ccc(CO/N=C(\N)c2ccc(N(C)C)cc2)cc1. The van der Waals surface area contributed by atoms with E-state index >= 15 is 0 Å². The summed E-state index contributed by atoms with van der Waals surface area (Å²) in [5.74, 6) is 0.332. The first-order chi connectivity index (χ1) is 12.4. The van der Waals surface area contributed by atoms with Crippen LogP contribution in [0.2, 0.25) is 0 Å². The molecule has 0 aliphatic rings. The molecule has 2 aromatic rings. The minimum Gasteiger partial charge on any atom is -0.389 e. The summed E-state index contributed by atoms with van der Waals surface area (Å²) in [5, 5.41) is 3.97. The minimum absolute atomic E-state index is 0.00772. The Morgan fingerprint density at radius 2 is 1.65 bits per heavy atom. The summed E-state index contributed by atoms with van der Waals surface area (Å²) in [4.78, 5) is 21.5. The van der Waals surface area contributed by atoms with Gasteiger partial charge in [0.15, 0.2) is 5.84 Å². The van der Waals surface area contributed by atoms with Crippen LogP contribution in [0.25, 0.3) is 0 Å². The van der Waals surface area contributed by atoms with Gasteiger partial charge in [0.1, 0.15) is 6.61 Å². The number of carbonyl (C=O) groups excluding carboxylic acids is 1. The predicted molar refractivity (Wildman–Crippen MR) is 108 cm³/mol. The van der Waals surface area contributed by atoms with Crippen LogP contribution in [-0.4, -0.2) is 44.2 Å². The molecule has 0 radical (unpaired) electrons. The molecule has 2 N–H and O–H groups in total. The smallest absolute Gasteiger partial charge is 0.285 e. The van der Waals surface area contributed by atoms with E-state index in [9.17, 15) is 4.79 Å². The summed E-state index contributed by atoms with van der Waals surface area (Å²) in [6.07, 6.45) is 0. The van der Waals surface area contributed by atoms with Gasteiger partial charge in [0, 0.05) is 44.3 Å². The van der Waals surface area contributed by atoms with Crippen LogP contribution in [-0.2, 0) is 11.4 Å². The number of nitrogens with two attached hydrogens (primary N) is 1. The molecule has 0 aliphatic heterocycles. The van der Waals surface area contributed by atoms with Gasteiger partial charge in [-0.2, -0.15) is 0 Å². The summed E-state index contributed by atoms with van der Waals surface area (Å²) in [7, 11) is 7.42. The molecule has 0 atom stereocenters. The number of thioether (sulfide) groups is 1. The fourth-order valence-corrected chi connectivity index (χ4v) is 2.66. The van der Waals surface area contributed by atoms with Gasteiger partial charge in [0.2, 0.25) is 0 Å². The lowest BCUT2D eigenvalue weighted by molar-refractivity contribution is 0.130. The van der Waals surface area contributed by atoms with E-state index in [4.69, 9.17) is 10.6 Å². The van der Waals surface area contributed by atoms with Crippen LogP contribution >= 0.6 is 11.8 Å². The van der Waals surface area contributed by atoms with Crippen molar-refractivity contribution in [3.05, 3.63) is 59.7 Å². The largest absolute Gasteiger partial charge is 0.389 e. The third-order valence-corrected chi connectivity index (χ3v) is 4.61. The Labute approximate surface area is 158 Å². The number of amidine groups is 1. The van der Waals surface area contributed by atoms with Gasteiger partial charge >= 0.3 is 0 Å². The van der Waals surface area contributed by atoms with Gasteiger partial charge in [0.05, 0.1) is 0 Å². The summed E-state index contributed by atoms with van der Waals surface area (Å²) in [6.45, 7) is 0.309. The minimum atomic E-state index is -0.00772. The molecule has 0 aromatic heterocycles. The second-order valence-corrected chi connectivity index (χ2v) is 7.12. The molecule has 1 amide bonds. The van der Waals surface area contributed by atoms with Gasteiger partial charge in [-0.25, -0.2) is 0 Å². The summed E-state index contributed by atoms with van der Waals surface area (Å²) >= 11 is 1.18. The Bertz CT molecular complexity index is 756. The van der Waals surface area contributed by atoms with Gasteiger partial charge in [-0.15, -0.1) is 0 Å². The van der Waals surface area contributed by atoms with E-state index in [1.54, 1.807) is 19.0 Å². The van der Waals surface area contributed by atoms with Gasteiger partial charge in [-0.3, -0.25) is 4.79 Å². The van der Waals surface area contributed by atoms with Crippen LogP contribution in [0.4, 0.5) is 10.5 Å². The third kappa shape index (κ3) is 5.70. The van der Waals surface area contributed by atoms with Crippen molar-refractivity contribution >= 4 is 28.5 Å². The Kier molecular flexibility index (Phi) is 6.91.